The fourth-order valence-electron chi connectivity index (χ4n) is 2.84. The Bertz CT molecular complexity index is 1200. The van der Waals surface area contributed by atoms with Crippen molar-refractivity contribution >= 4 is 23.4 Å². The maximum absolute atomic E-state index is 13.8. The van der Waals surface area contributed by atoms with Gasteiger partial charge in [-0.15, -0.1) is 10.2 Å². The molecule has 31 heavy (non-hydrogen) atoms. The summed E-state index contributed by atoms with van der Waals surface area (Å²) in [5.41, 5.74) is 0.397. The van der Waals surface area contributed by atoms with E-state index in [1.54, 1.807) is 16.9 Å². The van der Waals surface area contributed by atoms with Gasteiger partial charge in [0.1, 0.15) is 5.76 Å². The van der Waals surface area contributed by atoms with Gasteiger partial charge in [-0.25, -0.2) is 13.2 Å². The quantitative estimate of drug-likeness (QED) is 0.329. The molecule has 158 valence electrons. The van der Waals surface area contributed by atoms with E-state index in [-0.39, 0.29) is 5.75 Å². The van der Waals surface area contributed by atoms with Crippen molar-refractivity contribution in [1.29, 1.82) is 0 Å². The predicted molar refractivity (Wildman–Crippen MR) is 109 cm³/mol. The number of nitrogens with one attached hydrogen (secondary N) is 1. The molecule has 2 aromatic heterocycles. The number of carbonyl (C=O) groups excluding carboxylic acids is 1. The molecule has 1 N–H and O–H groups in total. The van der Waals surface area contributed by atoms with Crippen molar-refractivity contribution in [1.82, 2.24) is 14.8 Å². The molecule has 0 saturated carbocycles. The van der Waals surface area contributed by atoms with Crippen LogP contribution in [0, 0.1) is 17.5 Å². The van der Waals surface area contributed by atoms with Crippen LogP contribution in [0.5, 0.6) is 0 Å². The summed E-state index contributed by atoms with van der Waals surface area (Å²) in [4.78, 5) is 12.2. The minimum Gasteiger partial charge on any atom is -0.467 e. The molecule has 1 amide bonds. The number of halogens is 3. The first-order valence-electron chi connectivity index (χ1n) is 9.10. The predicted octanol–water partition coefficient (Wildman–Crippen LogP) is 4.73. The second-order valence-electron chi connectivity index (χ2n) is 6.40. The second-order valence-corrected chi connectivity index (χ2v) is 7.34. The lowest BCUT2D eigenvalue weighted by Crippen LogP contribution is -2.16. The highest BCUT2D eigenvalue weighted by molar-refractivity contribution is 7.99. The zero-order valence-electron chi connectivity index (χ0n) is 15.9. The van der Waals surface area contributed by atoms with Crippen molar-refractivity contribution in [3.8, 4) is 11.4 Å². The number of furan rings is 1. The summed E-state index contributed by atoms with van der Waals surface area (Å²) < 4.78 is 47.4. The van der Waals surface area contributed by atoms with E-state index in [4.69, 9.17) is 4.42 Å². The Hall–Kier alpha value is -3.53. The molecular formula is C21H15F3N4O2S. The van der Waals surface area contributed by atoms with Crippen LogP contribution in [0.2, 0.25) is 0 Å². The molecule has 0 aliphatic carbocycles. The van der Waals surface area contributed by atoms with Crippen molar-refractivity contribution in [2.75, 3.05) is 11.1 Å². The number of aromatic nitrogens is 3. The lowest BCUT2D eigenvalue weighted by Gasteiger charge is -2.09. The first-order chi connectivity index (χ1) is 15.0. The van der Waals surface area contributed by atoms with Crippen LogP contribution in [-0.2, 0) is 11.3 Å². The van der Waals surface area contributed by atoms with E-state index >= 15 is 0 Å². The average Bonchev–Trinajstić information content (AvgIpc) is 3.44. The average molecular weight is 444 g/mol. The van der Waals surface area contributed by atoms with Crippen LogP contribution in [0.25, 0.3) is 11.4 Å². The second kappa shape index (κ2) is 9.09. The summed E-state index contributed by atoms with van der Waals surface area (Å²) in [6, 6.07) is 14.7. The third-order valence-electron chi connectivity index (χ3n) is 4.28. The summed E-state index contributed by atoms with van der Waals surface area (Å²) in [5.74, 6) is -3.92. The summed E-state index contributed by atoms with van der Waals surface area (Å²) in [6.45, 7) is 0.339. The Kier molecular flexibility index (Phi) is 6.08. The van der Waals surface area contributed by atoms with Crippen LogP contribution >= 0.6 is 11.8 Å². The maximum Gasteiger partial charge on any atom is 0.234 e. The Morgan fingerprint density at radius 2 is 1.81 bits per heavy atom. The Morgan fingerprint density at radius 1 is 1.00 bits per heavy atom. The standard InChI is InChI=1S/C21H15F3N4O2S/c22-15-8-9-16(19(24)18(15)23)25-17(29)12-31-21-27-26-20(13-5-2-1-3-6-13)28(21)11-14-7-4-10-30-14/h1-10H,11-12H2,(H,25,29). The molecule has 0 fully saturated rings. The lowest BCUT2D eigenvalue weighted by molar-refractivity contribution is -0.113. The summed E-state index contributed by atoms with van der Waals surface area (Å²) in [5, 5.41) is 11.1. The summed E-state index contributed by atoms with van der Waals surface area (Å²) in [7, 11) is 0. The minimum atomic E-state index is -1.64. The van der Waals surface area contributed by atoms with Gasteiger partial charge in [0.25, 0.3) is 0 Å². The first-order valence-corrected chi connectivity index (χ1v) is 10.1. The van der Waals surface area contributed by atoms with Crippen molar-refractivity contribution in [2.45, 2.75) is 11.7 Å². The van der Waals surface area contributed by atoms with E-state index in [0.29, 0.717) is 23.3 Å². The highest BCUT2D eigenvalue weighted by atomic mass is 32.2. The molecule has 0 aliphatic rings. The smallest absolute Gasteiger partial charge is 0.234 e. The molecule has 2 aromatic carbocycles. The van der Waals surface area contributed by atoms with Crippen LogP contribution < -0.4 is 5.32 Å². The number of rotatable bonds is 7. The maximum atomic E-state index is 13.8. The number of thioether (sulfide) groups is 1. The van der Waals surface area contributed by atoms with Gasteiger partial charge in [-0.05, 0) is 24.3 Å². The van der Waals surface area contributed by atoms with Crippen LogP contribution in [0.3, 0.4) is 0 Å². The normalized spacial score (nSPS) is 10.9. The Labute approximate surface area is 179 Å². The molecule has 0 saturated heterocycles. The van der Waals surface area contributed by atoms with Gasteiger partial charge in [0.2, 0.25) is 5.91 Å². The monoisotopic (exact) mass is 444 g/mol. The molecular weight excluding hydrogens is 429 g/mol. The number of nitrogens with zero attached hydrogens (tertiary/aromatic N) is 3. The molecule has 2 heterocycles. The summed E-state index contributed by atoms with van der Waals surface area (Å²) >= 11 is 1.07. The van der Waals surface area contributed by atoms with E-state index in [2.05, 4.69) is 15.5 Å². The van der Waals surface area contributed by atoms with Crippen molar-refractivity contribution in [3.05, 3.63) is 84.1 Å². The molecule has 0 radical (unpaired) electrons. The number of carbonyl (C=O) groups is 1. The number of amides is 1. The highest BCUT2D eigenvalue weighted by Crippen LogP contribution is 2.26. The lowest BCUT2D eigenvalue weighted by atomic mass is 10.2. The molecule has 4 rings (SSSR count). The van der Waals surface area contributed by atoms with Crippen LogP contribution in [0.1, 0.15) is 5.76 Å². The van der Waals surface area contributed by atoms with Crippen molar-refractivity contribution in [3.63, 3.8) is 0 Å². The number of benzene rings is 2. The molecule has 4 aromatic rings. The molecule has 10 heteroatoms. The topological polar surface area (TPSA) is 73.0 Å². The van der Waals surface area contributed by atoms with Gasteiger partial charge >= 0.3 is 0 Å². The first kappa shape index (κ1) is 20.7. The molecule has 6 nitrogen and oxygen atoms in total. The van der Waals surface area contributed by atoms with Gasteiger partial charge in [-0.2, -0.15) is 0 Å². The SMILES string of the molecule is O=C(CSc1nnc(-c2ccccc2)n1Cc1ccco1)Nc1ccc(F)c(F)c1F. The molecule has 0 aliphatic heterocycles. The van der Waals surface area contributed by atoms with Crippen LogP contribution in [0.4, 0.5) is 18.9 Å². The molecule has 0 unspecified atom stereocenters. The van der Waals surface area contributed by atoms with Crippen molar-refractivity contribution < 1.29 is 22.4 Å². The van der Waals surface area contributed by atoms with Gasteiger partial charge < -0.3 is 9.73 Å². The fraction of sp³-hybridized carbons (Fsp3) is 0.0952. The Balaban J connectivity index is 1.52. The van der Waals surface area contributed by atoms with Crippen LogP contribution in [-0.4, -0.2) is 26.4 Å². The van der Waals surface area contributed by atoms with E-state index < -0.39 is 29.0 Å². The number of hydrogen-bond acceptors (Lipinski definition) is 5. The van der Waals surface area contributed by atoms with E-state index in [1.165, 1.54) is 0 Å². The third-order valence-corrected chi connectivity index (χ3v) is 5.25. The largest absolute Gasteiger partial charge is 0.467 e. The molecule has 0 spiro atoms. The molecule has 0 bridgehead atoms. The highest BCUT2D eigenvalue weighted by Gasteiger charge is 2.19. The Morgan fingerprint density at radius 3 is 2.55 bits per heavy atom. The number of hydrogen-bond donors (Lipinski definition) is 1. The van der Waals surface area contributed by atoms with E-state index in [9.17, 15) is 18.0 Å². The van der Waals surface area contributed by atoms with Crippen LogP contribution in [0.15, 0.2) is 70.4 Å². The van der Waals surface area contributed by atoms with Gasteiger partial charge in [0, 0.05) is 5.56 Å². The van der Waals surface area contributed by atoms with E-state index in [0.717, 1.165) is 29.5 Å². The third kappa shape index (κ3) is 4.64. The zero-order valence-corrected chi connectivity index (χ0v) is 16.7. The van der Waals surface area contributed by atoms with E-state index in [1.807, 2.05) is 36.4 Å². The van der Waals surface area contributed by atoms with Gasteiger partial charge in [0.05, 0.1) is 24.2 Å². The minimum absolute atomic E-state index is 0.149. The summed E-state index contributed by atoms with van der Waals surface area (Å²) in [6.07, 6.45) is 1.55. The van der Waals surface area contributed by atoms with Gasteiger partial charge in [-0.1, -0.05) is 42.1 Å². The zero-order chi connectivity index (χ0) is 21.8. The fourth-order valence-corrected chi connectivity index (χ4v) is 3.57. The van der Waals surface area contributed by atoms with Gasteiger partial charge in [-0.3, -0.25) is 9.36 Å². The number of anilines is 1. The molecule has 0 atom stereocenters. The van der Waals surface area contributed by atoms with Gasteiger partial charge in [0.15, 0.2) is 28.4 Å². The van der Waals surface area contributed by atoms with Crippen molar-refractivity contribution in [2.24, 2.45) is 0 Å².